The average Bonchev–Trinajstić information content (AvgIpc) is 2.92. The van der Waals surface area contributed by atoms with Gasteiger partial charge in [-0.05, 0) is 36.4 Å². The molecule has 1 N–H and O–H groups in total. The molecule has 2 heterocycles. The largest absolute Gasteiger partial charge is 0.370 e. The molecule has 1 aromatic carbocycles. The summed E-state index contributed by atoms with van der Waals surface area (Å²) in [5, 5.41) is 3.42. The summed E-state index contributed by atoms with van der Waals surface area (Å²) in [6.45, 7) is 1.97. The van der Waals surface area contributed by atoms with Crippen LogP contribution >= 0.6 is 11.3 Å². The van der Waals surface area contributed by atoms with E-state index in [1.807, 2.05) is 24.3 Å². The van der Waals surface area contributed by atoms with E-state index < -0.39 is 10.0 Å². The lowest BCUT2D eigenvalue weighted by molar-refractivity contribution is 0.601. The summed E-state index contributed by atoms with van der Waals surface area (Å²) >= 11 is 1.38. The van der Waals surface area contributed by atoms with Gasteiger partial charge in [-0.1, -0.05) is 25.0 Å². The summed E-state index contributed by atoms with van der Waals surface area (Å²) in [6, 6.07) is 9.29. The molecule has 0 radical (unpaired) electrons. The highest BCUT2D eigenvalue weighted by Gasteiger charge is 2.19. The molecular formula is C16H20N2O2S2. The van der Waals surface area contributed by atoms with E-state index in [2.05, 4.69) is 9.62 Å². The normalized spacial score (nSPS) is 16.3. The fourth-order valence-corrected chi connectivity index (χ4v) is 4.86. The second-order valence-corrected chi connectivity index (χ2v) is 7.95. The van der Waals surface area contributed by atoms with Gasteiger partial charge in [-0.25, -0.2) is 8.42 Å². The zero-order valence-corrected chi connectivity index (χ0v) is 14.0. The number of benzene rings is 1. The quantitative estimate of drug-likeness (QED) is 0.920. The maximum Gasteiger partial charge on any atom is 0.262 e. The van der Waals surface area contributed by atoms with Crippen molar-refractivity contribution in [2.24, 2.45) is 0 Å². The summed E-state index contributed by atoms with van der Waals surface area (Å²) in [4.78, 5) is 2.61. The Balaban J connectivity index is 1.88. The highest BCUT2D eigenvalue weighted by molar-refractivity contribution is 7.92. The fraction of sp³-hybridized carbons (Fsp3) is 0.375. The van der Waals surface area contributed by atoms with Crippen molar-refractivity contribution in [3.8, 4) is 0 Å². The number of para-hydroxylation sites is 2. The Morgan fingerprint density at radius 1 is 1.00 bits per heavy atom. The summed E-state index contributed by atoms with van der Waals surface area (Å²) in [5.74, 6) is 0. The van der Waals surface area contributed by atoms with Crippen LogP contribution in [0.15, 0.2) is 46.0 Å². The molecule has 0 aliphatic carbocycles. The molecule has 22 heavy (non-hydrogen) atoms. The predicted octanol–water partition coefficient (Wildman–Crippen LogP) is 3.93. The van der Waals surface area contributed by atoms with E-state index in [9.17, 15) is 8.42 Å². The van der Waals surface area contributed by atoms with E-state index >= 15 is 0 Å². The molecule has 1 aliphatic heterocycles. The SMILES string of the molecule is O=S(=O)(Nc1ccccc1N1CCCCCC1)c1ccsc1. The number of nitrogens with one attached hydrogen (secondary N) is 1. The van der Waals surface area contributed by atoms with E-state index in [-0.39, 0.29) is 0 Å². The fourth-order valence-electron chi connectivity index (χ4n) is 2.76. The van der Waals surface area contributed by atoms with Crippen LogP contribution in [0.1, 0.15) is 25.7 Å². The van der Waals surface area contributed by atoms with E-state index in [0.29, 0.717) is 10.6 Å². The van der Waals surface area contributed by atoms with Gasteiger partial charge in [-0.15, -0.1) is 0 Å². The molecule has 3 rings (SSSR count). The van der Waals surface area contributed by atoms with E-state index in [0.717, 1.165) is 31.6 Å². The minimum absolute atomic E-state index is 0.322. The predicted molar refractivity (Wildman–Crippen MR) is 92.3 cm³/mol. The summed E-state index contributed by atoms with van der Waals surface area (Å²) in [5.41, 5.74) is 1.64. The molecule has 1 aromatic heterocycles. The topological polar surface area (TPSA) is 49.4 Å². The Kier molecular flexibility index (Phi) is 4.69. The molecule has 118 valence electrons. The Hall–Kier alpha value is -1.53. The zero-order valence-electron chi connectivity index (χ0n) is 12.4. The highest BCUT2D eigenvalue weighted by Crippen LogP contribution is 2.30. The lowest BCUT2D eigenvalue weighted by atomic mass is 10.2. The molecule has 0 unspecified atom stereocenters. The van der Waals surface area contributed by atoms with E-state index in [1.165, 1.54) is 24.2 Å². The number of anilines is 2. The summed E-state index contributed by atoms with van der Waals surface area (Å²) in [7, 11) is -3.51. The van der Waals surface area contributed by atoms with Crippen LogP contribution in [-0.2, 0) is 10.0 Å². The highest BCUT2D eigenvalue weighted by atomic mass is 32.2. The molecule has 1 fully saturated rings. The molecule has 1 saturated heterocycles. The van der Waals surface area contributed by atoms with Crippen molar-refractivity contribution in [3.05, 3.63) is 41.1 Å². The molecule has 1 aliphatic rings. The first-order valence-electron chi connectivity index (χ1n) is 7.56. The molecule has 6 heteroatoms. The Morgan fingerprint density at radius 2 is 1.73 bits per heavy atom. The van der Waals surface area contributed by atoms with Gasteiger partial charge in [0.1, 0.15) is 0 Å². The lowest BCUT2D eigenvalue weighted by Crippen LogP contribution is -2.25. The zero-order chi connectivity index (χ0) is 15.4. The van der Waals surface area contributed by atoms with Crippen molar-refractivity contribution in [2.45, 2.75) is 30.6 Å². The maximum absolute atomic E-state index is 12.4. The van der Waals surface area contributed by atoms with Gasteiger partial charge in [0, 0.05) is 18.5 Å². The Labute approximate surface area is 135 Å². The number of sulfonamides is 1. The van der Waals surface area contributed by atoms with Crippen molar-refractivity contribution < 1.29 is 8.42 Å². The second kappa shape index (κ2) is 6.71. The molecule has 4 nitrogen and oxygen atoms in total. The van der Waals surface area contributed by atoms with Crippen LogP contribution < -0.4 is 9.62 Å². The number of thiophene rings is 1. The molecule has 0 atom stereocenters. The molecule has 0 amide bonds. The van der Waals surface area contributed by atoms with Crippen LogP contribution in [-0.4, -0.2) is 21.5 Å². The molecule has 0 bridgehead atoms. The second-order valence-electron chi connectivity index (χ2n) is 5.48. The van der Waals surface area contributed by atoms with Crippen molar-refractivity contribution in [1.82, 2.24) is 0 Å². The van der Waals surface area contributed by atoms with Crippen LogP contribution in [0, 0.1) is 0 Å². The van der Waals surface area contributed by atoms with Crippen molar-refractivity contribution >= 4 is 32.7 Å². The minimum atomic E-state index is -3.51. The van der Waals surface area contributed by atoms with Gasteiger partial charge in [-0.2, -0.15) is 11.3 Å². The Morgan fingerprint density at radius 3 is 2.41 bits per heavy atom. The van der Waals surface area contributed by atoms with Gasteiger partial charge in [-0.3, -0.25) is 4.72 Å². The van der Waals surface area contributed by atoms with Gasteiger partial charge >= 0.3 is 0 Å². The third-order valence-electron chi connectivity index (χ3n) is 3.90. The first kappa shape index (κ1) is 15.4. The average molecular weight is 336 g/mol. The molecule has 0 spiro atoms. The van der Waals surface area contributed by atoms with Crippen LogP contribution in [0.4, 0.5) is 11.4 Å². The van der Waals surface area contributed by atoms with Gasteiger partial charge in [0.25, 0.3) is 10.0 Å². The monoisotopic (exact) mass is 336 g/mol. The van der Waals surface area contributed by atoms with Gasteiger partial charge in [0.2, 0.25) is 0 Å². The van der Waals surface area contributed by atoms with Gasteiger partial charge in [0.15, 0.2) is 0 Å². The standard InChI is InChI=1S/C16H20N2O2S2/c19-22(20,14-9-12-21-13-14)17-15-7-3-4-8-16(15)18-10-5-1-2-6-11-18/h3-4,7-9,12-13,17H,1-2,5-6,10-11H2. The molecular weight excluding hydrogens is 316 g/mol. The van der Waals surface area contributed by atoms with Crippen molar-refractivity contribution in [2.75, 3.05) is 22.7 Å². The smallest absolute Gasteiger partial charge is 0.262 e. The van der Waals surface area contributed by atoms with Gasteiger partial charge in [0.05, 0.1) is 16.3 Å². The number of rotatable bonds is 4. The number of hydrogen-bond acceptors (Lipinski definition) is 4. The van der Waals surface area contributed by atoms with Crippen molar-refractivity contribution in [1.29, 1.82) is 0 Å². The number of hydrogen-bond donors (Lipinski definition) is 1. The Bertz CT molecular complexity index is 704. The lowest BCUT2D eigenvalue weighted by Gasteiger charge is -2.25. The third-order valence-corrected chi connectivity index (χ3v) is 6.10. The van der Waals surface area contributed by atoms with Crippen LogP contribution in [0.3, 0.4) is 0 Å². The van der Waals surface area contributed by atoms with Crippen LogP contribution in [0.2, 0.25) is 0 Å². The van der Waals surface area contributed by atoms with Gasteiger partial charge < -0.3 is 4.90 Å². The third kappa shape index (κ3) is 3.44. The number of nitrogens with zero attached hydrogens (tertiary/aromatic N) is 1. The van der Waals surface area contributed by atoms with Crippen LogP contribution in [0.5, 0.6) is 0 Å². The van der Waals surface area contributed by atoms with Crippen molar-refractivity contribution in [3.63, 3.8) is 0 Å². The molecule has 2 aromatic rings. The van der Waals surface area contributed by atoms with Crippen LogP contribution in [0.25, 0.3) is 0 Å². The first-order chi connectivity index (χ1) is 10.7. The summed E-state index contributed by atoms with van der Waals surface area (Å²) < 4.78 is 27.6. The first-order valence-corrected chi connectivity index (χ1v) is 9.98. The van der Waals surface area contributed by atoms with E-state index in [1.54, 1.807) is 16.8 Å². The molecule has 0 saturated carbocycles. The summed E-state index contributed by atoms with van der Waals surface area (Å²) in [6.07, 6.45) is 4.82. The minimum Gasteiger partial charge on any atom is -0.370 e. The maximum atomic E-state index is 12.4. The van der Waals surface area contributed by atoms with E-state index in [4.69, 9.17) is 0 Å².